The second-order valence-corrected chi connectivity index (χ2v) is 4.54. The van der Waals surface area contributed by atoms with Gasteiger partial charge in [0.2, 0.25) is 0 Å². The Morgan fingerprint density at radius 1 is 0.885 bits per heavy atom. The van der Waals surface area contributed by atoms with Crippen LogP contribution in [0.25, 0.3) is 0 Å². The molecule has 7 nitrogen and oxygen atoms in total. The topological polar surface area (TPSA) is 139 Å². The first-order chi connectivity index (χ1) is 12.3. The van der Waals surface area contributed by atoms with Gasteiger partial charge in [0.25, 0.3) is 0 Å². The predicted molar refractivity (Wildman–Crippen MR) is 111 cm³/mol. The summed E-state index contributed by atoms with van der Waals surface area (Å²) in [6.45, 7) is 12.0. The summed E-state index contributed by atoms with van der Waals surface area (Å²) < 4.78 is 0. The fourth-order valence-electron chi connectivity index (χ4n) is 0.957. The van der Waals surface area contributed by atoms with Crippen LogP contribution in [0.2, 0.25) is 0 Å². The summed E-state index contributed by atoms with van der Waals surface area (Å²) >= 11 is 0. The van der Waals surface area contributed by atoms with Crippen molar-refractivity contribution >= 4 is 18.3 Å². The average molecular weight is 374 g/mol. The number of carbonyl (C=O) groups is 2. The highest BCUT2D eigenvalue weighted by atomic mass is 16.3. The third-order valence-electron chi connectivity index (χ3n) is 2.22. The quantitative estimate of drug-likeness (QED) is 0.498. The summed E-state index contributed by atoms with van der Waals surface area (Å²) in [4.78, 5) is 20.8. The van der Waals surface area contributed by atoms with E-state index in [9.17, 15) is 9.59 Å². The van der Waals surface area contributed by atoms with E-state index in [-0.39, 0.29) is 12.2 Å². The zero-order valence-electron chi connectivity index (χ0n) is 17.3. The van der Waals surface area contributed by atoms with Crippen LogP contribution in [0.4, 0.5) is 5.69 Å². The number of anilines is 1. The van der Waals surface area contributed by atoms with Gasteiger partial charge in [0.15, 0.2) is 0 Å². The molecule has 7 heteroatoms. The van der Waals surface area contributed by atoms with Crippen LogP contribution in [-0.4, -0.2) is 55.1 Å². The second-order valence-electron chi connectivity index (χ2n) is 4.54. The maximum absolute atomic E-state index is 10.4. The van der Waals surface area contributed by atoms with Gasteiger partial charge < -0.3 is 27.0 Å². The van der Waals surface area contributed by atoms with Crippen LogP contribution in [0, 0.1) is 0 Å². The fourth-order valence-corrected chi connectivity index (χ4v) is 0.957. The molecule has 0 spiro atoms. The molecular formula is C19H39N3O4. The van der Waals surface area contributed by atoms with Gasteiger partial charge in [-0.3, -0.25) is 9.59 Å². The van der Waals surface area contributed by atoms with Crippen molar-refractivity contribution in [1.82, 2.24) is 0 Å². The number of rotatable bonds is 5. The smallest absolute Gasteiger partial charge is 0.150 e. The Morgan fingerprint density at radius 2 is 1.15 bits per heavy atom. The Labute approximate surface area is 158 Å². The molecule has 1 aromatic carbocycles. The molecule has 7 N–H and O–H groups in total. The molecule has 0 aromatic heterocycles. The summed E-state index contributed by atoms with van der Waals surface area (Å²) in [5, 5.41) is 19.3. The number of carbonyl (C=O) groups excluding carboxylic acids is 2. The standard InChI is InChI=1S/C9H9NO2.2C3H9NO.2C2H6/c1-10-9-3-7(5-11)2-8(4-9)6-12;2*1-3(5)2-4;2*1-2/h2-6,10H,1H3;2*3,5H,2,4H2,1H3;2*1-2H3. The van der Waals surface area contributed by atoms with E-state index in [1.165, 1.54) is 0 Å². The van der Waals surface area contributed by atoms with E-state index in [1.54, 1.807) is 39.1 Å². The average Bonchev–Trinajstić information content (AvgIpc) is 2.71. The summed E-state index contributed by atoms with van der Waals surface area (Å²) in [6.07, 6.45) is 0.756. The van der Waals surface area contributed by atoms with E-state index in [2.05, 4.69) is 5.32 Å². The zero-order valence-corrected chi connectivity index (χ0v) is 17.3. The Morgan fingerprint density at radius 3 is 1.31 bits per heavy atom. The molecule has 1 rings (SSSR count). The van der Waals surface area contributed by atoms with Crippen LogP contribution in [-0.2, 0) is 0 Å². The molecule has 0 aliphatic rings. The number of nitrogens with one attached hydrogen (secondary N) is 1. The van der Waals surface area contributed by atoms with Gasteiger partial charge in [-0.25, -0.2) is 0 Å². The summed E-state index contributed by atoms with van der Waals surface area (Å²) in [5.41, 5.74) is 11.6. The van der Waals surface area contributed by atoms with Gasteiger partial charge in [0.05, 0.1) is 12.2 Å². The lowest BCUT2D eigenvalue weighted by atomic mass is 10.1. The van der Waals surface area contributed by atoms with Crippen LogP contribution >= 0.6 is 0 Å². The molecule has 26 heavy (non-hydrogen) atoms. The van der Waals surface area contributed by atoms with Crippen LogP contribution in [0.3, 0.4) is 0 Å². The molecule has 0 amide bonds. The molecule has 0 aliphatic heterocycles. The summed E-state index contributed by atoms with van der Waals surface area (Å²) in [6, 6.07) is 4.90. The molecular weight excluding hydrogens is 334 g/mol. The zero-order chi connectivity index (χ0) is 21.5. The maximum atomic E-state index is 10.4. The SMILES string of the molecule is CC.CC.CC(O)CN.CC(O)CN.CNc1cc(C=O)cc(C=O)c1. The van der Waals surface area contributed by atoms with Crippen LogP contribution in [0.1, 0.15) is 62.3 Å². The lowest BCUT2D eigenvalue weighted by molar-refractivity contribution is 0.112. The number of hydrogen-bond donors (Lipinski definition) is 5. The van der Waals surface area contributed by atoms with E-state index >= 15 is 0 Å². The third kappa shape index (κ3) is 24.5. The molecule has 2 unspecified atom stereocenters. The highest BCUT2D eigenvalue weighted by molar-refractivity contribution is 5.84. The molecule has 0 saturated heterocycles. The minimum Gasteiger partial charge on any atom is -0.392 e. The lowest BCUT2D eigenvalue weighted by Gasteiger charge is -2.01. The number of aliphatic hydroxyl groups is 2. The van der Waals surface area contributed by atoms with Crippen molar-refractivity contribution in [3.63, 3.8) is 0 Å². The number of nitrogens with two attached hydrogens (primary N) is 2. The molecule has 0 bridgehead atoms. The first-order valence-electron chi connectivity index (χ1n) is 8.83. The van der Waals surface area contributed by atoms with Crippen molar-refractivity contribution in [2.75, 3.05) is 25.5 Å². The third-order valence-corrected chi connectivity index (χ3v) is 2.22. The second kappa shape index (κ2) is 25.4. The number of aliphatic hydroxyl groups excluding tert-OH is 2. The van der Waals surface area contributed by atoms with Crippen LogP contribution in [0.5, 0.6) is 0 Å². The molecule has 0 radical (unpaired) electrons. The van der Waals surface area contributed by atoms with Crippen molar-refractivity contribution in [2.45, 2.75) is 53.8 Å². The Bertz CT molecular complexity index is 391. The van der Waals surface area contributed by atoms with Gasteiger partial charge in [-0.15, -0.1) is 0 Å². The number of benzene rings is 1. The number of aldehydes is 2. The maximum Gasteiger partial charge on any atom is 0.150 e. The monoisotopic (exact) mass is 373 g/mol. The van der Waals surface area contributed by atoms with Crippen LogP contribution < -0.4 is 16.8 Å². The molecule has 0 heterocycles. The van der Waals surface area contributed by atoms with E-state index < -0.39 is 0 Å². The van der Waals surface area contributed by atoms with Gasteiger partial charge in [0.1, 0.15) is 12.6 Å². The molecule has 0 fully saturated rings. The fraction of sp³-hybridized carbons (Fsp3) is 0.579. The van der Waals surface area contributed by atoms with Gasteiger partial charge in [-0.1, -0.05) is 27.7 Å². The van der Waals surface area contributed by atoms with Gasteiger partial charge in [0, 0.05) is 37.0 Å². The molecule has 0 saturated carbocycles. The minimum atomic E-state index is -0.338. The van der Waals surface area contributed by atoms with E-state index in [0.717, 1.165) is 5.69 Å². The Balaban J connectivity index is -0.000000145. The van der Waals surface area contributed by atoms with Crippen molar-refractivity contribution < 1.29 is 19.8 Å². The van der Waals surface area contributed by atoms with Crippen molar-refractivity contribution in [1.29, 1.82) is 0 Å². The van der Waals surface area contributed by atoms with Crippen LogP contribution in [0.15, 0.2) is 18.2 Å². The van der Waals surface area contributed by atoms with Crippen molar-refractivity contribution in [3.8, 4) is 0 Å². The van der Waals surface area contributed by atoms with Gasteiger partial charge in [-0.05, 0) is 32.0 Å². The predicted octanol–water partition coefficient (Wildman–Crippen LogP) is 2.06. The normalized spacial score (nSPS) is 10.4. The highest BCUT2D eigenvalue weighted by Crippen LogP contribution is 2.11. The highest BCUT2D eigenvalue weighted by Gasteiger charge is 1.97. The molecule has 2 atom stereocenters. The first-order valence-corrected chi connectivity index (χ1v) is 8.83. The van der Waals surface area contributed by atoms with E-state index in [4.69, 9.17) is 21.7 Å². The molecule has 1 aromatic rings. The Kier molecular flexibility index (Phi) is 31.2. The number of hydrogen-bond acceptors (Lipinski definition) is 7. The van der Waals surface area contributed by atoms with Crippen molar-refractivity contribution in [3.05, 3.63) is 29.3 Å². The van der Waals surface area contributed by atoms with Gasteiger partial charge >= 0.3 is 0 Å². The van der Waals surface area contributed by atoms with E-state index in [1.807, 2.05) is 27.7 Å². The van der Waals surface area contributed by atoms with E-state index in [0.29, 0.717) is 36.8 Å². The van der Waals surface area contributed by atoms with Crippen molar-refractivity contribution in [2.24, 2.45) is 11.5 Å². The lowest BCUT2D eigenvalue weighted by Crippen LogP contribution is -2.14. The Hall–Kier alpha value is -1.80. The largest absolute Gasteiger partial charge is 0.392 e. The summed E-state index contributed by atoms with van der Waals surface area (Å²) in [5.74, 6) is 0. The molecule has 154 valence electrons. The molecule has 0 aliphatic carbocycles. The summed E-state index contributed by atoms with van der Waals surface area (Å²) in [7, 11) is 1.73. The van der Waals surface area contributed by atoms with Gasteiger partial charge in [-0.2, -0.15) is 0 Å². The first kappa shape index (κ1) is 31.9. The minimum absolute atomic E-state index is 0.338.